The highest BCUT2D eigenvalue weighted by Gasteiger charge is 2.57. The van der Waals surface area contributed by atoms with Crippen molar-refractivity contribution in [3.8, 4) is 0 Å². The summed E-state index contributed by atoms with van der Waals surface area (Å²) in [6, 6.07) is 0. The minimum atomic E-state index is 0.346. The van der Waals surface area contributed by atoms with Gasteiger partial charge in [-0.1, -0.05) is 46.6 Å². The molecule has 0 bridgehead atoms. The van der Waals surface area contributed by atoms with Crippen molar-refractivity contribution >= 4 is 0 Å². The molecule has 1 heteroatoms. The van der Waals surface area contributed by atoms with Crippen molar-refractivity contribution in [1.82, 2.24) is 0 Å². The van der Waals surface area contributed by atoms with Crippen LogP contribution in [0, 0.1) is 34.5 Å². The van der Waals surface area contributed by atoms with Crippen LogP contribution in [-0.2, 0) is 0 Å². The Morgan fingerprint density at radius 2 is 1.73 bits per heavy atom. The highest BCUT2D eigenvalue weighted by atomic mass is 14.7. The van der Waals surface area contributed by atoms with E-state index >= 15 is 0 Å². The van der Waals surface area contributed by atoms with Crippen LogP contribution in [0.3, 0.4) is 0 Å². The Kier molecular flexibility index (Phi) is 4.38. The Hall–Kier alpha value is -0.460. The lowest BCUT2D eigenvalue weighted by Gasteiger charge is -2.60. The Bertz CT molecular complexity index is 439. The van der Waals surface area contributed by atoms with Crippen molar-refractivity contribution in [1.29, 1.82) is 0 Å². The molecule has 0 saturated heterocycles. The highest BCUT2D eigenvalue weighted by molar-refractivity contribution is 5.22. The second-order valence-corrected chi connectivity index (χ2v) is 8.75. The average molecular weight is 304 g/mol. The first-order chi connectivity index (χ1) is 10.6. The van der Waals surface area contributed by atoms with Gasteiger partial charge in [0.25, 0.3) is 0 Å². The van der Waals surface area contributed by atoms with Gasteiger partial charge in [0.05, 0.1) is 0 Å². The quantitative estimate of drug-likeness (QED) is 0.592. The van der Waals surface area contributed by atoms with Crippen LogP contribution in [-0.4, -0.2) is 0 Å². The van der Waals surface area contributed by atoms with E-state index in [4.69, 9.17) is 5.73 Å². The van der Waals surface area contributed by atoms with Gasteiger partial charge >= 0.3 is 0 Å². The maximum absolute atomic E-state index is 6.37. The summed E-state index contributed by atoms with van der Waals surface area (Å²) < 4.78 is 0. The molecule has 126 valence electrons. The standard InChI is InChI=1S/C19H31N.C2H6/c1-18-11-4-3-5-13(18)6-7-14-15-8-9-17(20)19(15,2)12-10-16(14)18;1-2/h9,13-16H,3-8,10-12,20H2,1-2H3;1-2H3. The molecule has 0 amide bonds. The van der Waals surface area contributed by atoms with E-state index in [2.05, 4.69) is 19.9 Å². The molecule has 4 rings (SSSR count). The van der Waals surface area contributed by atoms with E-state index in [1.165, 1.54) is 63.5 Å². The molecule has 4 aliphatic rings. The fourth-order valence-corrected chi connectivity index (χ4v) is 6.90. The molecule has 0 aromatic heterocycles. The first-order valence-electron chi connectivity index (χ1n) is 10.0. The van der Waals surface area contributed by atoms with Gasteiger partial charge in [0.15, 0.2) is 0 Å². The van der Waals surface area contributed by atoms with E-state index in [0.717, 1.165) is 23.7 Å². The molecule has 0 aromatic carbocycles. The van der Waals surface area contributed by atoms with Gasteiger partial charge in [0.1, 0.15) is 0 Å². The first kappa shape index (κ1) is 16.4. The van der Waals surface area contributed by atoms with Gasteiger partial charge in [-0.25, -0.2) is 0 Å². The zero-order valence-electron chi connectivity index (χ0n) is 15.3. The maximum atomic E-state index is 6.37. The van der Waals surface area contributed by atoms with Gasteiger partial charge in [-0.2, -0.15) is 0 Å². The topological polar surface area (TPSA) is 26.0 Å². The number of rotatable bonds is 0. The summed E-state index contributed by atoms with van der Waals surface area (Å²) in [7, 11) is 0. The molecule has 22 heavy (non-hydrogen) atoms. The van der Waals surface area contributed by atoms with E-state index in [1.54, 1.807) is 0 Å². The van der Waals surface area contributed by atoms with E-state index in [1.807, 2.05) is 13.8 Å². The molecule has 0 spiro atoms. The average Bonchev–Trinajstić information content (AvgIpc) is 2.84. The van der Waals surface area contributed by atoms with E-state index in [-0.39, 0.29) is 0 Å². The van der Waals surface area contributed by atoms with Gasteiger partial charge in [-0.15, -0.1) is 0 Å². The lowest BCUT2D eigenvalue weighted by atomic mass is 9.45. The van der Waals surface area contributed by atoms with Crippen LogP contribution in [0.25, 0.3) is 0 Å². The molecule has 6 atom stereocenters. The van der Waals surface area contributed by atoms with Crippen molar-refractivity contribution in [3.05, 3.63) is 11.8 Å². The number of fused-ring (bicyclic) bond motifs is 5. The predicted octanol–water partition coefficient (Wildman–Crippen LogP) is 5.90. The smallest absolute Gasteiger partial charge is 0.0103 e. The summed E-state index contributed by atoms with van der Waals surface area (Å²) in [5.74, 6) is 3.86. The molecular weight excluding hydrogens is 266 g/mol. The second kappa shape index (κ2) is 5.87. The molecule has 0 aromatic rings. The Labute approximate surface area is 138 Å². The van der Waals surface area contributed by atoms with E-state index < -0.39 is 0 Å². The van der Waals surface area contributed by atoms with E-state index in [0.29, 0.717) is 10.8 Å². The van der Waals surface area contributed by atoms with Crippen LogP contribution in [0.2, 0.25) is 0 Å². The predicted molar refractivity (Wildman–Crippen MR) is 95.3 cm³/mol. The van der Waals surface area contributed by atoms with Crippen LogP contribution >= 0.6 is 0 Å². The number of hydrogen-bond donors (Lipinski definition) is 1. The third-order valence-electron chi connectivity index (χ3n) is 8.22. The van der Waals surface area contributed by atoms with Gasteiger partial charge in [0.2, 0.25) is 0 Å². The molecule has 2 N–H and O–H groups in total. The number of hydrogen-bond acceptors (Lipinski definition) is 1. The number of allylic oxidation sites excluding steroid dienone is 2. The van der Waals surface area contributed by atoms with Crippen molar-refractivity contribution < 1.29 is 0 Å². The summed E-state index contributed by atoms with van der Waals surface area (Å²) in [6.45, 7) is 9.12. The van der Waals surface area contributed by atoms with Crippen LogP contribution in [0.4, 0.5) is 0 Å². The molecule has 3 fully saturated rings. The molecule has 0 heterocycles. The molecule has 4 aliphatic carbocycles. The molecule has 6 unspecified atom stereocenters. The molecule has 0 radical (unpaired) electrons. The minimum Gasteiger partial charge on any atom is -0.402 e. The summed E-state index contributed by atoms with van der Waals surface area (Å²) in [5, 5.41) is 0. The lowest BCUT2D eigenvalue weighted by Crippen LogP contribution is -2.52. The fraction of sp³-hybridized carbons (Fsp3) is 0.905. The van der Waals surface area contributed by atoms with Crippen LogP contribution in [0.15, 0.2) is 11.8 Å². The monoisotopic (exact) mass is 303 g/mol. The molecule has 0 aliphatic heterocycles. The fourth-order valence-electron chi connectivity index (χ4n) is 6.90. The van der Waals surface area contributed by atoms with Crippen LogP contribution in [0.5, 0.6) is 0 Å². The third kappa shape index (κ3) is 2.18. The van der Waals surface area contributed by atoms with Crippen molar-refractivity contribution in [2.45, 2.75) is 85.5 Å². The highest BCUT2D eigenvalue weighted by Crippen LogP contribution is 2.65. The minimum absolute atomic E-state index is 0.346. The molecular formula is C21H37N. The maximum Gasteiger partial charge on any atom is 0.0103 e. The van der Waals surface area contributed by atoms with Crippen molar-refractivity contribution in [3.63, 3.8) is 0 Å². The zero-order valence-corrected chi connectivity index (χ0v) is 15.3. The largest absolute Gasteiger partial charge is 0.402 e. The SMILES string of the molecule is CC.CC12CCC3C(CCC4CCCCC43C)C1CC=C2N. The zero-order chi connectivity index (χ0) is 16.0. The third-order valence-corrected chi connectivity index (χ3v) is 8.22. The summed E-state index contributed by atoms with van der Waals surface area (Å²) in [4.78, 5) is 0. The van der Waals surface area contributed by atoms with Gasteiger partial charge in [-0.3, -0.25) is 0 Å². The summed E-state index contributed by atoms with van der Waals surface area (Å²) in [6.07, 6.45) is 15.4. The van der Waals surface area contributed by atoms with Crippen molar-refractivity contribution in [2.24, 2.45) is 40.2 Å². The lowest BCUT2D eigenvalue weighted by molar-refractivity contribution is -0.0989. The molecule has 1 nitrogen and oxygen atoms in total. The first-order valence-corrected chi connectivity index (χ1v) is 10.0. The number of nitrogens with two attached hydrogens (primary N) is 1. The Morgan fingerprint density at radius 3 is 2.50 bits per heavy atom. The van der Waals surface area contributed by atoms with Crippen molar-refractivity contribution in [2.75, 3.05) is 0 Å². The normalized spacial score (nSPS) is 49.9. The van der Waals surface area contributed by atoms with Gasteiger partial charge in [-0.05, 0) is 74.0 Å². The Morgan fingerprint density at radius 1 is 0.955 bits per heavy atom. The molecule has 3 saturated carbocycles. The summed E-state index contributed by atoms with van der Waals surface area (Å²) in [5.41, 5.74) is 8.60. The van der Waals surface area contributed by atoms with Crippen LogP contribution < -0.4 is 5.73 Å². The summed E-state index contributed by atoms with van der Waals surface area (Å²) >= 11 is 0. The second-order valence-electron chi connectivity index (χ2n) is 8.75. The van der Waals surface area contributed by atoms with Gasteiger partial charge < -0.3 is 5.73 Å². The van der Waals surface area contributed by atoms with E-state index in [9.17, 15) is 0 Å². The van der Waals surface area contributed by atoms with Gasteiger partial charge in [0, 0.05) is 11.1 Å². The van der Waals surface area contributed by atoms with Crippen LogP contribution in [0.1, 0.15) is 85.5 Å². The Balaban J connectivity index is 0.000000693.